The summed E-state index contributed by atoms with van der Waals surface area (Å²) in [5.41, 5.74) is 0.899. The number of methoxy groups -OCH3 is 1. The van der Waals surface area contributed by atoms with Gasteiger partial charge in [-0.2, -0.15) is 0 Å². The summed E-state index contributed by atoms with van der Waals surface area (Å²) in [6, 6.07) is 7.98. The molecule has 1 aromatic heterocycles. The van der Waals surface area contributed by atoms with Crippen LogP contribution in [0.1, 0.15) is 34.6 Å². The second kappa shape index (κ2) is 8.38. The number of aromatic nitrogens is 3. The van der Waals surface area contributed by atoms with Crippen molar-refractivity contribution in [2.24, 2.45) is 0 Å². The number of nitrogens with zero attached hydrogens (tertiary/aromatic N) is 4. The van der Waals surface area contributed by atoms with Crippen LogP contribution in [0, 0.1) is 0 Å². The molecule has 0 bridgehead atoms. The maximum atomic E-state index is 12.8. The average Bonchev–Trinajstić information content (AvgIpc) is 3.02. The Hall–Kier alpha value is -2.02. The van der Waals surface area contributed by atoms with Crippen molar-refractivity contribution in [2.75, 3.05) is 7.11 Å². The molecule has 0 aliphatic rings. The fourth-order valence-electron chi connectivity index (χ4n) is 2.77. The Morgan fingerprint density at radius 3 is 2.48 bits per heavy atom. The van der Waals surface area contributed by atoms with Crippen LogP contribution >= 0.6 is 11.8 Å². The minimum absolute atomic E-state index is 0.107. The first-order chi connectivity index (χ1) is 11.8. The van der Waals surface area contributed by atoms with Gasteiger partial charge in [-0.3, -0.25) is 9.36 Å². The lowest BCUT2D eigenvalue weighted by molar-refractivity contribution is -0.133. The second-order valence-corrected chi connectivity index (χ2v) is 7.69. The van der Waals surface area contributed by atoms with Crippen LogP contribution in [0.2, 0.25) is 0 Å². The molecule has 1 heterocycles. The lowest BCUT2D eigenvalue weighted by atomic mass is 10.2. The largest absolute Gasteiger partial charge is 0.497 e. The van der Waals surface area contributed by atoms with Gasteiger partial charge in [0.15, 0.2) is 5.16 Å². The first-order valence-corrected chi connectivity index (χ1v) is 9.26. The van der Waals surface area contributed by atoms with Gasteiger partial charge < -0.3 is 9.64 Å². The topological polar surface area (TPSA) is 60.2 Å². The highest BCUT2D eigenvalue weighted by Gasteiger charge is 2.27. The summed E-state index contributed by atoms with van der Waals surface area (Å²) in [5, 5.41) is 8.62. The van der Waals surface area contributed by atoms with E-state index in [0.717, 1.165) is 11.4 Å². The first kappa shape index (κ1) is 19.3. The monoisotopic (exact) mass is 362 g/mol. The number of hydrogen-bond donors (Lipinski definition) is 0. The third-order valence-corrected chi connectivity index (χ3v) is 4.89. The Labute approximate surface area is 153 Å². The summed E-state index contributed by atoms with van der Waals surface area (Å²) in [5.74, 6) is 0.868. The number of rotatable bonds is 7. The molecule has 1 aromatic carbocycles. The van der Waals surface area contributed by atoms with Gasteiger partial charge in [0.2, 0.25) is 5.91 Å². The molecule has 1 atom stereocenters. The van der Waals surface area contributed by atoms with Gasteiger partial charge in [0, 0.05) is 18.2 Å². The smallest absolute Gasteiger partial charge is 0.236 e. The highest BCUT2D eigenvalue weighted by atomic mass is 32.2. The van der Waals surface area contributed by atoms with E-state index < -0.39 is 0 Å². The summed E-state index contributed by atoms with van der Waals surface area (Å²) in [7, 11) is 1.63. The Kier molecular flexibility index (Phi) is 6.47. The van der Waals surface area contributed by atoms with E-state index in [4.69, 9.17) is 4.74 Å². The van der Waals surface area contributed by atoms with Gasteiger partial charge in [-0.1, -0.05) is 17.8 Å². The molecule has 2 aromatic rings. The molecule has 0 aliphatic carbocycles. The van der Waals surface area contributed by atoms with Crippen LogP contribution < -0.4 is 4.74 Å². The van der Waals surface area contributed by atoms with Gasteiger partial charge >= 0.3 is 0 Å². The Balaban J connectivity index is 2.21. The number of carbonyl (C=O) groups is 1. The average molecular weight is 362 g/mol. The number of benzene rings is 1. The van der Waals surface area contributed by atoms with Gasteiger partial charge in [-0.25, -0.2) is 0 Å². The normalized spacial score (nSPS) is 12.5. The number of thioether (sulfide) groups is 1. The molecule has 136 valence electrons. The van der Waals surface area contributed by atoms with Crippen LogP contribution in [0.15, 0.2) is 35.7 Å². The third kappa shape index (κ3) is 4.54. The van der Waals surface area contributed by atoms with Crippen molar-refractivity contribution in [1.82, 2.24) is 19.7 Å². The fourth-order valence-corrected chi connectivity index (χ4v) is 3.67. The molecule has 0 aliphatic heterocycles. The van der Waals surface area contributed by atoms with E-state index in [-0.39, 0.29) is 23.2 Å². The number of carbonyl (C=O) groups excluding carboxylic acids is 1. The Morgan fingerprint density at radius 1 is 1.20 bits per heavy atom. The zero-order chi connectivity index (χ0) is 18.6. The third-order valence-electron chi connectivity index (χ3n) is 3.85. The van der Waals surface area contributed by atoms with Crippen LogP contribution in [0.25, 0.3) is 5.69 Å². The van der Waals surface area contributed by atoms with Crippen molar-refractivity contribution in [2.45, 2.75) is 57.1 Å². The lowest BCUT2D eigenvalue weighted by Gasteiger charge is -2.32. The van der Waals surface area contributed by atoms with Crippen LogP contribution in [-0.4, -0.2) is 50.0 Å². The highest BCUT2D eigenvalue weighted by molar-refractivity contribution is 8.00. The SMILES string of the molecule is COc1cccc(-n2cnnc2SC(C)C(=O)N(C(C)C)C(C)C)c1. The number of amides is 1. The number of hydrogen-bond acceptors (Lipinski definition) is 5. The molecule has 0 spiro atoms. The summed E-state index contributed by atoms with van der Waals surface area (Å²) < 4.78 is 7.14. The zero-order valence-electron chi connectivity index (χ0n) is 15.6. The van der Waals surface area contributed by atoms with Gasteiger partial charge in [-0.05, 0) is 46.8 Å². The van der Waals surface area contributed by atoms with Crippen LogP contribution in [-0.2, 0) is 4.79 Å². The molecule has 1 amide bonds. The van der Waals surface area contributed by atoms with Crippen LogP contribution in [0.5, 0.6) is 5.75 Å². The zero-order valence-corrected chi connectivity index (χ0v) is 16.4. The van der Waals surface area contributed by atoms with E-state index >= 15 is 0 Å². The molecular formula is C18H26N4O2S. The summed E-state index contributed by atoms with van der Waals surface area (Å²) in [6.07, 6.45) is 1.65. The molecule has 0 fully saturated rings. The van der Waals surface area contributed by atoms with Gasteiger partial charge in [0.1, 0.15) is 12.1 Å². The Morgan fingerprint density at radius 2 is 1.88 bits per heavy atom. The summed E-state index contributed by atoms with van der Waals surface area (Å²) >= 11 is 1.41. The van der Waals surface area contributed by atoms with Gasteiger partial charge in [0.25, 0.3) is 0 Å². The van der Waals surface area contributed by atoms with E-state index in [1.54, 1.807) is 13.4 Å². The van der Waals surface area contributed by atoms with E-state index in [1.807, 2.05) is 68.4 Å². The fraction of sp³-hybridized carbons (Fsp3) is 0.500. The van der Waals surface area contributed by atoms with Crippen molar-refractivity contribution in [3.8, 4) is 11.4 Å². The van der Waals surface area contributed by atoms with Crippen molar-refractivity contribution in [1.29, 1.82) is 0 Å². The molecule has 6 nitrogen and oxygen atoms in total. The lowest BCUT2D eigenvalue weighted by Crippen LogP contribution is -2.45. The highest BCUT2D eigenvalue weighted by Crippen LogP contribution is 2.27. The molecular weight excluding hydrogens is 336 g/mol. The minimum Gasteiger partial charge on any atom is -0.497 e. The minimum atomic E-state index is -0.252. The van der Waals surface area contributed by atoms with E-state index in [2.05, 4.69) is 10.2 Å². The maximum absolute atomic E-state index is 12.8. The molecule has 0 radical (unpaired) electrons. The quantitative estimate of drug-likeness (QED) is 0.707. The van der Waals surface area contributed by atoms with E-state index in [9.17, 15) is 4.79 Å². The molecule has 7 heteroatoms. The molecule has 0 N–H and O–H groups in total. The molecule has 1 unspecified atom stereocenters. The second-order valence-electron chi connectivity index (χ2n) is 6.38. The summed E-state index contributed by atoms with van der Waals surface area (Å²) in [6.45, 7) is 10.1. The molecule has 2 rings (SSSR count). The molecule has 25 heavy (non-hydrogen) atoms. The van der Waals surface area contributed by atoms with Crippen LogP contribution in [0.4, 0.5) is 0 Å². The van der Waals surface area contributed by atoms with Crippen molar-refractivity contribution >= 4 is 17.7 Å². The summed E-state index contributed by atoms with van der Waals surface area (Å²) in [4.78, 5) is 14.7. The predicted octanol–water partition coefficient (Wildman–Crippen LogP) is 3.40. The van der Waals surface area contributed by atoms with Crippen molar-refractivity contribution < 1.29 is 9.53 Å². The predicted molar refractivity (Wildman–Crippen MR) is 100 cm³/mol. The van der Waals surface area contributed by atoms with E-state index in [0.29, 0.717) is 5.16 Å². The standard InChI is InChI=1S/C18H26N4O2S/c1-12(2)22(13(3)4)17(23)14(5)25-18-20-19-11-21(18)15-8-7-9-16(10-15)24-6/h7-14H,1-6H3. The van der Waals surface area contributed by atoms with E-state index in [1.165, 1.54) is 11.8 Å². The van der Waals surface area contributed by atoms with Crippen molar-refractivity contribution in [3.05, 3.63) is 30.6 Å². The maximum Gasteiger partial charge on any atom is 0.236 e. The van der Waals surface area contributed by atoms with Crippen LogP contribution in [0.3, 0.4) is 0 Å². The van der Waals surface area contributed by atoms with Gasteiger partial charge in [0.05, 0.1) is 18.0 Å². The first-order valence-electron chi connectivity index (χ1n) is 8.38. The van der Waals surface area contributed by atoms with Crippen molar-refractivity contribution in [3.63, 3.8) is 0 Å². The molecule has 0 saturated heterocycles. The Bertz CT molecular complexity index is 707. The molecule has 0 saturated carbocycles. The number of ether oxygens (including phenoxy) is 1. The van der Waals surface area contributed by atoms with Gasteiger partial charge in [-0.15, -0.1) is 10.2 Å².